The van der Waals surface area contributed by atoms with Gasteiger partial charge in [0.1, 0.15) is 16.9 Å². The average Bonchev–Trinajstić information content (AvgIpc) is 3.66. The van der Waals surface area contributed by atoms with Gasteiger partial charge in [0.05, 0.1) is 19.8 Å². The number of ketones is 2. The van der Waals surface area contributed by atoms with E-state index < -0.39 is 5.41 Å². The first kappa shape index (κ1) is 30.7. The van der Waals surface area contributed by atoms with Crippen molar-refractivity contribution in [2.24, 2.45) is 0 Å². The van der Waals surface area contributed by atoms with Gasteiger partial charge in [-0.15, -0.1) is 5.73 Å². The largest absolute Gasteiger partial charge is 0.497 e. The Morgan fingerprint density at radius 2 is 0.920 bits per heavy atom. The van der Waals surface area contributed by atoms with Gasteiger partial charge in [0.25, 0.3) is 0 Å². The number of hydrogen-bond donors (Lipinski definition) is 0. The van der Waals surface area contributed by atoms with E-state index in [9.17, 15) is 4.79 Å². The number of fused-ring (bicyclic) bond motifs is 6. The Bertz CT molecular complexity index is 2370. The molecule has 0 N–H and O–H groups in total. The Labute approximate surface area is 291 Å². The fourth-order valence-electron chi connectivity index (χ4n) is 7.15. The average molecular weight is 647 g/mol. The smallest absolute Gasteiger partial charge is 0.235 e. The van der Waals surface area contributed by atoms with E-state index in [2.05, 4.69) is 41.8 Å². The van der Waals surface area contributed by atoms with Gasteiger partial charge in [-0.3, -0.25) is 9.59 Å². The number of hydrogen-bond acceptors (Lipinski definition) is 4. The molecular formula is C46H30O4. The molecule has 0 atom stereocenters. The number of Topliss-reactive ketones (excluding diaryl/α,β-unsaturated/α-hetero) is 2. The molecule has 0 spiro atoms. The number of allylic oxidation sites excluding steroid dienone is 1. The van der Waals surface area contributed by atoms with Crippen LogP contribution in [0.5, 0.6) is 11.5 Å². The van der Waals surface area contributed by atoms with Gasteiger partial charge in [0.15, 0.2) is 5.78 Å². The summed E-state index contributed by atoms with van der Waals surface area (Å²) in [5.41, 5.74) is 12.0. The molecule has 0 saturated heterocycles. The number of benzene rings is 6. The van der Waals surface area contributed by atoms with Gasteiger partial charge < -0.3 is 9.47 Å². The molecule has 50 heavy (non-hydrogen) atoms. The van der Waals surface area contributed by atoms with Crippen molar-refractivity contribution in [3.05, 3.63) is 190 Å². The van der Waals surface area contributed by atoms with Crippen molar-refractivity contribution in [1.29, 1.82) is 0 Å². The molecule has 4 nitrogen and oxygen atoms in total. The minimum Gasteiger partial charge on any atom is -0.497 e. The Morgan fingerprint density at radius 1 is 0.500 bits per heavy atom. The van der Waals surface area contributed by atoms with E-state index in [0.717, 1.165) is 50.1 Å². The lowest BCUT2D eigenvalue weighted by atomic mass is 9.70. The lowest BCUT2D eigenvalue weighted by Crippen LogP contribution is -2.31. The standard InChI is InChI=1S/C46H30O4/c1-49-32-23-19-30(20-24-32)44(47)27-28-46(41-17-9-7-15-38(41)39-16-8-10-18-42(39)46)43(45(48)31-21-25-33(50-2)26-22-31)29-40-36-13-5-3-11-34(36)35-12-4-6-14-37(35)40/h3-26H,1-2H3. The molecule has 238 valence electrons. The molecular weight excluding hydrogens is 617 g/mol. The minimum absolute atomic E-state index is 0.250. The SMILES string of the molecule is COc1ccc(C(=O)C#CC2(C(=C=C3c4ccccc4-c4ccccc43)C(=O)c3ccc(OC)cc3)c3ccccc3-c3ccccc32)cc1. The number of ether oxygens (including phenoxy) is 2. The zero-order valence-electron chi connectivity index (χ0n) is 27.5. The fourth-order valence-corrected chi connectivity index (χ4v) is 7.15. The van der Waals surface area contributed by atoms with Gasteiger partial charge in [-0.25, -0.2) is 0 Å². The molecule has 0 radical (unpaired) electrons. The van der Waals surface area contributed by atoms with Gasteiger partial charge >= 0.3 is 0 Å². The van der Waals surface area contributed by atoms with Gasteiger partial charge in [0.2, 0.25) is 5.78 Å². The molecule has 2 aliphatic carbocycles. The molecule has 0 bridgehead atoms. The second-order valence-electron chi connectivity index (χ2n) is 12.2. The molecule has 6 aromatic rings. The molecule has 0 amide bonds. The van der Waals surface area contributed by atoms with Gasteiger partial charge in [0, 0.05) is 16.7 Å². The van der Waals surface area contributed by atoms with Crippen molar-refractivity contribution in [1.82, 2.24) is 0 Å². The number of rotatable bonds is 6. The van der Waals surface area contributed by atoms with Crippen LogP contribution in [0.2, 0.25) is 0 Å². The maximum atomic E-state index is 15.2. The van der Waals surface area contributed by atoms with Gasteiger partial charge in [-0.2, -0.15) is 0 Å². The number of carbonyl (C=O) groups is 2. The summed E-state index contributed by atoms with van der Waals surface area (Å²) in [5.74, 6) is 7.10. The summed E-state index contributed by atoms with van der Waals surface area (Å²) in [7, 11) is 3.18. The van der Waals surface area contributed by atoms with E-state index in [0.29, 0.717) is 28.2 Å². The Kier molecular flexibility index (Phi) is 7.61. The molecule has 0 aromatic heterocycles. The highest BCUT2D eigenvalue weighted by molar-refractivity contribution is 6.15. The highest BCUT2D eigenvalue weighted by atomic mass is 16.5. The van der Waals surface area contributed by atoms with E-state index in [1.54, 1.807) is 62.8 Å². The van der Waals surface area contributed by atoms with Crippen LogP contribution in [0.3, 0.4) is 0 Å². The Balaban J connectivity index is 1.49. The predicted molar refractivity (Wildman–Crippen MR) is 196 cm³/mol. The molecule has 0 saturated carbocycles. The third-order valence-corrected chi connectivity index (χ3v) is 9.56. The normalized spacial score (nSPS) is 12.6. The van der Waals surface area contributed by atoms with Crippen LogP contribution in [-0.2, 0) is 5.41 Å². The Morgan fingerprint density at radius 3 is 1.40 bits per heavy atom. The quantitative estimate of drug-likeness (QED) is 0.0594. The maximum absolute atomic E-state index is 15.2. The number of methoxy groups -OCH3 is 2. The lowest BCUT2D eigenvalue weighted by Gasteiger charge is -2.28. The monoisotopic (exact) mass is 646 g/mol. The third-order valence-electron chi connectivity index (χ3n) is 9.56. The summed E-state index contributed by atoms with van der Waals surface area (Å²) in [6, 6.07) is 46.3. The molecule has 0 fully saturated rings. The lowest BCUT2D eigenvalue weighted by molar-refractivity contribution is 0.102. The van der Waals surface area contributed by atoms with Crippen LogP contribution in [-0.4, -0.2) is 25.8 Å². The first-order valence-electron chi connectivity index (χ1n) is 16.3. The topological polar surface area (TPSA) is 52.6 Å². The first-order chi connectivity index (χ1) is 24.5. The van der Waals surface area contributed by atoms with E-state index in [1.807, 2.05) is 72.8 Å². The second kappa shape index (κ2) is 12.4. The van der Waals surface area contributed by atoms with Gasteiger partial charge in [-0.05, 0) is 99.0 Å². The fraction of sp³-hybridized carbons (Fsp3) is 0.0652. The van der Waals surface area contributed by atoms with Crippen molar-refractivity contribution in [3.8, 4) is 45.6 Å². The van der Waals surface area contributed by atoms with Crippen molar-refractivity contribution in [3.63, 3.8) is 0 Å². The highest BCUT2D eigenvalue weighted by Gasteiger charge is 2.48. The van der Waals surface area contributed by atoms with Gasteiger partial charge in [-0.1, -0.05) is 103 Å². The molecule has 4 heteroatoms. The predicted octanol–water partition coefficient (Wildman–Crippen LogP) is 9.38. The van der Waals surface area contributed by atoms with Crippen LogP contribution in [0.1, 0.15) is 43.0 Å². The van der Waals surface area contributed by atoms with Crippen LogP contribution >= 0.6 is 0 Å². The number of carbonyl (C=O) groups excluding carboxylic acids is 2. The summed E-state index contributed by atoms with van der Waals surface area (Å²) in [4.78, 5) is 29.1. The molecule has 0 heterocycles. The third kappa shape index (κ3) is 4.89. The van der Waals surface area contributed by atoms with E-state index in [-0.39, 0.29) is 11.6 Å². The molecule has 2 aliphatic rings. The maximum Gasteiger partial charge on any atom is 0.235 e. The first-order valence-corrected chi connectivity index (χ1v) is 16.3. The molecule has 0 aliphatic heterocycles. The zero-order chi connectivity index (χ0) is 34.2. The second-order valence-corrected chi connectivity index (χ2v) is 12.2. The minimum atomic E-state index is -1.34. The van der Waals surface area contributed by atoms with Crippen LogP contribution in [0.15, 0.2) is 157 Å². The molecule has 8 rings (SSSR count). The zero-order valence-corrected chi connectivity index (χ0v) is 27.5. The van der Waals surface area contributed by atoms with Crippen LogP contribution < -0.4 is 9.47 Å². The summed E-state index contributed by atoms with van der Waals surface area (Å²) >= 11 is 0. The summed E-state index contributed by atoms with van der Waals surface area (Å²) in [6.45, 7) is 0. The van der Waals surface area contributed by atoms with Crippen molar-refractivity contribution < 1.29 is 19.1 Å². The van der Waals surface area contributed by atoms with Crippen molar-refractivity contribution >= 4 is 17.1 Å². The van der Waals surface area contributed by atoms with Crippen LogP contribution in [0.4, 0.5) is 0 Å². The molecule has 0 unspecified atom stereocenters. The summed E-state index contributed by atoms with van der Waals surface area (Å²) in [5, 5.41) is 0. The highest BCUT2D eigenvalue weighted by Crippen LogP contribution is 2.54. The van der Waals surface area contributed by atoms with E-state index in [1.165, 1.54) is 0 Å². The van der Waals surface area contributed by atoms with Crippen LogP contribution in [0.25, 0.3) is 27.8 Å². The van der Waals surface area contributed by atoms with Crippen molar-refractivity contribution in [2.75, 3.05) is 14.2 Å². The van der Waals surface area contributed by atoms with Crippen LogP contribution in [0, 0.1) is 11.8 Å². The van der Waals surface area contributed by atoms with E-state index >= 15 is 4.79 Å². The van der Waals surface area contributed by atoms with E-state index in [4.69, 9.17) is 9.47 Å². The summed E-state index contributed by atoms with van der Waals surface area (Å²) < 4.78 is 10.7. The molecule has 6 aromatic carbocycles. The van der Waals surface area contributed by atoms with Crippen molar-refractivity contribution in [2.45, 2.75) is 5.41 Å². The Hall–Kier alpha value is -6.66. The summed E-state index contributed by atoms with van der Waals surface area (Å²) in [6.07, 6.45) is 0.